The van der Waals surface area contributed by atoms with Crippen molar-refractivity contribution in [3.05, 3.63) is 37.1 Å². The average molecular weight is 285 g/mol. The lowest BCUT2D eigenvalue weighted by atomic mass is 10.0. The Hall–Kier alpha value is -1.88. The van der Waals surface area contributed by atoms with E-state index in [-0.39, 0.29) is 0 Å². The van der Waals surface area contributed by atoms with Crippen molar-refractivity contribution in [2.75, 3.05) is 18.4 Å². The Morgan fingerprint density at radius 2 is 2.05 bits per heavy atom. The standard InChI is InChI=1S/C16H23N5/c1-13(2)20-8-5-14(6-9-20)19-15-3-4-16(18-11-15)21-10-7-17-12-21/h3-4,7,10-14,19H,5-6,8-9H2,1-2H3. The molecule has 1 aliphatic heterocycles. The van der Waals surface area contributed by atoms with Crippen LogP contribution in [0.2, 0.25) is 0 Å². The molecule has 0 aliphatic carbocycles. The molecule has 5 nitrogen and oxygen atoms in total. The van der Waals surface area contributed by atoms with Crippen LogP contribution in [0.1, 0.15) is 26.7 Å². The summed E-state index contributed by atoms with van der Waals surface area (Å²) in [4.78, 5) is 11.1. The van der Waals surface area contributed by atoms with Crippen molar-refractivity contribution >= 4 is 5.69 Å². The van der Waals surface area contributed by atoms with Crippen LogP contribution in [0.4, 0.5) is 5.69 Å². The van der Waals surface area contributed by atoms with Gasteiger partial charge in [-0.1, -0.05) is 0 Å². The first-order valence-electron chi connectivity index (χ1n) is 7.67. The SMILES string of the molecule is CC(C)N1CCC(Nc2ccc(-n3ccnc3)nc2)CC1. The van der Waals surface area contributed by atoms with Crippen LogP contribution < -0.4 is 5.32 Å². The molecule has 0 atom stereocenters. The molecule has 2 aromatic rings. The van der Waals surface area contributed by atoms with E-state index >= 15 is 0 Å². The van der Waals surface area contributed by atoms with Crippen LogP contribution in [-0.2, 0) is 0 Å². The van der Waals surface area contributed by atoms with Crippen molar-refractivity contribution in [3.8, 4) is 5.82 Å². The summed E-state index contributed by atoms with van der Waals surface area (Å²) >= 11 is 0. The first kappa shape index (κ1) is 14.1. The van der Waals surface area contributed by atoms with Gasteiger partial charge in [0.15, 0.2) is 0 Å². The zero-order valence-corrected chi connectivity index (χ0v) is 12.7. The predicted octanol–water partition coefficient (Wildman–Crippen LogP) is 2.55. The zero-order chi connectivity index (χ0) is 14.7. The fraction of sp³-hybridized carbons (Fsp3) is 0.500. The van der Waals surface area contributed by atoms with Gasteiger partial charge in [0.05, 0.1) is 11.9 Å². The third kappa shape index (κ3) is 3.42. The first-order valence-corrected chi connectivity index (χ1v) is 7.67. The summed E-state index contributed by atoms with van der Waals surface area (Å²) in [6, 6.07) is 5.33. The molecule has 0 unspecified atom stereocenters. The number of likely N-dealkylation sites (tertiary alicyclic amines) is 1. The zero-order valence-electron chi connectivity index (χ0n) is 12.7. The molecule has 1 N–H and O–H groups in total. The summed E-state index contributed by atoms with van der Waals surface area (Å²) in [5.74, 6) is 0.896. The summed E-state index contributed by atoms with van der Waals surface area (Å²) in [7, 11) is 0. The Labute approximate surface area is 126 Å². The van der Waals surface area contributed by atoms with Crippen LogP contribution in [0.25, 0.3) is 5.82 Å². The van der Waals surface area contributed by atoms with E-state index in [4.69, 9.17) is 0 Å². The van der Waals surface area contributed by atoms with Gasteiger partial charge in [0.1, 0.15) is 12.1 Å². The van der Waals surface area contributed by atoms with Crippen molar-refractivity contribution in [1.29, 1.82) is 0 Å². The van der Waals surface area contributed by atoms with Crippen molar-refractivity contribution < 1.29 is 0 Å². The maximum Gasteiger partial charge on any atom is 0.137 e. The van der Waals surface area contributed by atoms with Gasteiger partial charge < -0.3 is 10.2 Å². The Balaban J connectivity index is 1.57. The van der Waals surface area contributed by atoms with Gasteiger partial charge in [-0.25, -0.2) is 9.97 Å². The van der Waals surface area contributed by atoms with Crippen LogP contribution in [0.15, 0.2) is 37.1 Å². The quantitative estimate of drug-likeness (QED) is 0.938. The summed E-state index contributed by atoms with van der Waals surface area (Å²) in [6.07, 6.45) is 9.72. The molecular formula is C16H23N5. The summed E-state index contributed by atoms with van der Waals surface area (Å²) < 4.78 is 1.91. The molecule has 3 rings (SSSR count). The van der Waals surface area contributed by atoms with Crippen molar-refractivity contribution in [2.24, 2.45) is 0 Å². The Bertz CT molecular complexity index is 539. The first-order chi connectivity index (χ1) is 10.2. The molecule has 3 heterocycles. The smallest absolute Gasteiger partial charge is 0.137 e. The van der Waals surface area contributed by atoms with E-state index in [2.05, 4.69) is 40.1 Å². The molecule has 1 aliphatic rings. The van der Waals surface area contributed by atoms with Crippen molar-refractivity contribution in [3.63, 3.8) is 0 Å². The topological polar surface area (TPSA) is 46.0 Å². The number of hydrogen-bond donors (Lipinski definition) is 1. The van der Waals surface area contributed by atoms with E-state index in [9.17, 15) is 0 Å². The van der Waals surface area contributed by atoms with E-state index in [1.165, 1.54) is 25.9 Å². The maximum atomic E-state index is 4.48. The molecule has 2 aromatic heterocycles. The number of anilines is 1. The highest BCUT2D eigenvalue weighted by molar-refractivity contribution is 5.44. The number of pyridine rings is 1. The molecular weight excluding hydrogens is 262 g/mol. The molecule has 21 heavy (non-hydrogen) atoms. The van der Waals surface area contributed by atoms with Gasteiger partial charge in [-0.05, 0) is 38.8 Å². The van der Waals surface area contributed by atoms with Crippen LogP contribution in [0, 0.1) is 0 Å². The van der Waals surface area contributed by atoms with E-state index < -0.39 is 0 Å². The molecule has 0 aromatic carbocycles. The summed E-state index contributed by atoms with van der Waals surface area (Å²) in [5, 5.41) is 3.60. The van der Waals surface area contributed by atoms with Gasteiger partial charge in [-0.15, -0.1) is 0 Å². The predicted molar refractivity (Wildman–Crippen MR) is 84.7 cm³/mol. The largest absolute Gasteiger partial charge is 0.381 e. The molecule has 1 saturated heterocycles. The van der Waals surface area contributed by atoms with Crippen LogP contribution in [-0.4, -0.2) is 44.6 Å². The fourth-order valence-electron chi connectivity index (χ4n) is 2.81. The second kappa shape index (κ2) is 6.26. The molecule has 0 radical (unpaired) electrons. The average Bonchev–Trinajstić information content (AvgIpc) is 3.03. The van der Waals surface area contributed by atoms with Crippen molar-refractivity contribution in [1.82, 2.24) is 19.4 Å². The Kier molecular flexibility index (Phi) is 4.20. The number of nitrogens with zero attached hydrogens (tertiary/aromatic N) is 4. The van der Waals surface area contributed by atoms with Gasteiger partial charge in [0, 0.05) is 37.6 Å². The van der Waals surface area contributed by atoms with Gasteiger partial charge in [0.25, 0.3) is 0 Å². The molecule has 1 fully saturated rings. The van der Waals surface area contributed by atoms with E-state index in [0.29, 0.717) is 12.1 Å². The lowest BCUT2D eigenvalue weighted by Crippen LogP contribution is -2.42. The monoisotopic (exact) mass is 285 g/mol. The Morgan fingerprint density at radius 1 is 1.24 bits per heavy atom. The molecule has 0 saturated carbocycles. The fourth-order valence-corrected chi connectivity index (χ4v) is 2.81. The van der Waals surface area contributed by atoms with E-state index in [0.717, 1.165) is 11.5 Å². The second-order valence-corrected chi connectivity index (χ2v) is 5.92. The number of nitrogens with one attached hydrogen (secondary N) is 1. The number of imidazole rings is 1. The lowest BCUT2D eigenvalue weighted by molar-refractivity contribution is 0.177. The molecule has 0 amide bonds. The minimum Gasteiger partial charge on any atom is -0.381 e. The van der Waals surface area contributed by atoms with Crippen LogP contribution in [0.3, 0.4) is 0 Å². The van der Waals surface area contributed by atoms with E-state index in [1.807, 2.05) is 23.0 Å². The summed E-state index contributed by atoms with van der Waals surface area (Å²) in [6.45, 7) is 6.89. The number of rotatable bonds is 4. The highest BCUT2D eigenvalue weighted by Crippen LogP contribution is 2.18. The minimum absolute atomic E-state index is 0.556. The second-order valence-electron chi connectivity index (χ2n) is 5.92. The number of piperidine rings is 1. The normalized spacial score (nSPS) is 17.3. The van der Waals surface area contributed by atoms with Gasteiger partial charge in [-0.3, -0.25) is 4.57 Å². The molecule has 5 heteroatoms. The highest BCUT2D eigenvalue weighted by atomic mass is 15.2. The molecule has 0 spiro atoms. The van der Waals surface area contributed by atoms with Crippen LogP contribution in [0.5, 0.6) is 0 Å². The lowest BCUT2D eigenvalue weighted by Gasteiger charge is -2.35. The number of aromatic nitrogens is 3. The highest BCUT2D eigenvalue weighted by Gasteiger charge is 2.20. The molecule has 112 valence electrons. The van der Waals surface area contributed by atoms with Gasteiger partial charge >= 0.3 is 0 Å². The summed E-state index contributed by atoms with van der Waals surface area (Å²) in [5.41, 5.74) is 1.10. The number of hydrogen-bond acceptors (Lipinski definition) is 4. The maximum absolute atomic E-state index is 4.48. The minimum atomic E-state index is 0.556. The van der Waals surface area contributed by atoms with Crippen molar-refractivity contribution in [2.45, 2.75) is 38.8 Å². The van der Waals surface area contributed by atoms with Gasteiger partial charge in [-0.2, -0.15) is 0 Å². The molecule has 0 bridgehead atoms. The van der Waals surface area contributed by atoms with Gasteiger partial charge in [0.2, 0.25) is 0 Å². The van der Waals surface area contributed by atoms with Crippen LogP contribution >= 0.6 is 0 Å². The third-order valence-corrected chi connectivity index (χ3v) is 4.15. The Morgan fingerprint density at radius 3 is 2.62 bits per heavy atom. The van der Waals surface area contributed by atoms with E-state index in [1.54, 1.807) is 12.5 Å². The third-order valence-electron chi connectivity index (χ3n) is 4.15.